The average Bonchev–Trinajstić information content (AvgIpc) is 2.16. The van der Waals surface area contributed by atoms with E-state index in [4.69, 9.17) is 5.11 Å². The molecule has 0 saturated carbocycles. The van der Waals surface area contributed by atoms with Gasteiger partial charge in [-0.2, -0.15) is 0 Å². The zero-order valence-corrected chi connectivity index (χ0v) is 8.10. The minimum absolute atomic E-state index is 0.0156. The number of piperidine rings is 2. The second-order valence-electron chi connectivity index (χ2n) is 4.00. The number of nitrogens with zero attached hydrogens (tertiary/aromatic N) is 1. The summed E-state index contributed by atoms with van der Waals surface area (Å²) in [4.78, 5) is 34.5. The molecule has 2 aliphatic rings. The van der Waals surface area contributed by atoms with E-state index in [9.17, 15) is 14.4 Å². The Kier molecular flexibility index (Phi) is 2.34. The van der Waals surface area contributed by atoms with Gasteiger partial charge >= 0.3 is 6.09 Å². The molecule has 2 rings (SSSR count). The van der Waals surface area contributed by atoms with Crippen molar-refractivity contribution >= 4 is 17.9 Å². The molecule has 2 unspecified atom stereocenters. The van der Waals surface area contributed by atoms with Gasteiger partial charge < -0.3 is 10.0 Å². The molecule has 0 aliphatic carbocycles. The fraction of sp³-hybridized carbons (Fsp3) is 0.667. The van der Waals surface area contributed by atoms with Crippen LogP contribution in [0, 0.1) is 11.8 Å². The molecular weight excluding hydrogens is 200 g/mol. The van der Waals surface area contributed by atoms with Crippen molar-refractivity contribution in [3.05, 3.63) is 0 Å². The number of nitrogens with one attached hydrogen (secondary N) is 1. The largest absolute Gasteiger partial charge is 0.465 e. The van der Waals surface area contributed by atoms with Crippen LogP contribution in [0.5, 0.6) is 0 Å². The minimum atomic E-state index is -1.00. The number of amides is 3. The predicted octanol–water partition coefficient (Wildman–Crippen LogP) is -0.351. The van der Waals surface area contributed by atoms with Crippen molar-refractivity contribution in [3.8, 4) is 0 Å². The van der Waals surface area contributed by atoms with Gasteiger partial charge in [-0.3, -0.25) is 14.9 Å². The maximum atomic E-state index is 11.5. The van der Waals surface area contributed by atoms with Crippen LogP contribution in [-0.4, -0.2) is 41.0 Å². The van der Waals surface area contributed by atoms with E-state index in [0.717, 1.165) is 0 Å². The lowest BCUT2D eigenvalue weighted by molar-refractivity contribution is -0.140. The van der Waals surface area contributed by atoms with Crippen LogP contribution < -0.4 is 5.32 Å². The van der Waals surface area contributed by atoms with Crippen molar-refractivity contribution in [2.24, 2.45) is 11.8 Å². The van der Waals surface area contributed by atoms with Crippen LogP contribution in [0.25, 0.3) is 0 Å². The second kappa shape index (κ2) is 3.52. The van der Waals surface area contributed by atoms with E-state index in [0.29, 0.717) is 19.4 Å². The summed E-state index contributed by atoms with van der Waals surface area (Å²) in [7, 11) is 0. The summed E-state index contributed by atoms with van der Waals surface area (Å²) in [6.45, 7) is 0.621. The smallest absolute Gasteiger partial charge is 0.407 e. The van der Waals surface area contributed by atoms with Gasteiger partial charge in [-0.05, 0) is 12.3 Å². The number of imide groups is 1. The Morgan fingerprint density at radius 2 is 2.20 bits per heavy atom. The molecule has 2 heterocycles. The Bertz CT molecular complexity index is 328. The zero-order valence-electron chi connectivity index (χ0n) is 8.10. The number of hydrogen-bond acceptors (Lipinski definition) is 3. The van der Waals surface area contributed by atoms with Gasteiger partial charge in [-0.15, -0.1) is 0 Å². The van der Waals surface area contributed by atoms with Crippen LogP contribution in [0.15, 0.2) is 0 Å². The topological polar surface area (TPSA) is 86.7 Å². The molecule has 0 aromatic rings. The quantitative estimate of drug-likeness (QED) is 0.537. The fourth-order valence-electron chi connectivity index (χ4n) is 2.23. The molecule has 3 amide bonds. The highest BCUT2D eigenvalue weighted by atomic mass is 16.4. The van der Waals surface area contributed by atoms with E-state index in [1.54, 1.807) is 0 Å². The molecular formula is C9H12N2O4. The maximum Gasteiger partial charge on any atom is 0.407 e. The molecule has 2 atom stereocenters. The van der Waals surface area contributed by atoms with Crippen molar-refractivity contribution in [2.75, 3.05) is 13.1 Å². The van der Waals surface area contributed by atoms with Gasteiger partial charge in [0.1, 0.15) is 0 Å². The first-order chi connectivity index (χ1) is 7.08. The third-order valence-electron chi connectivity index (χ3n) is 3.07. The molecule has 82 valence electrons. The summed E-state index contributed by atoms with van der Waals surface area (Å²) in [5.41, 5.74) is 0. The van der Waals surface area contributed by atoms with Gasteiger partial charge in [-0.1, -0.05) is 0 Å². The van der Waals surface area contributed by atoms with E-state index in [1.807, 2.05) is 0 Å². The van der Waals surface area contributed by atoms with Crippen LogP contribution in [-0.2, 0) is 9.59 Å². The number of hydrogen-bond donors (Lipinski definition) is 2. The summed E-state index contributed by atoms with van der Waals surface area (Å²) >= 11 is 0. The molecule has 6 heteroatoms. The molecule has 0 bridgehead atoms. The molecule has 6 nitrogen and oxygen atoms in total. The van der Waals surface area contributed by atoms with E-state index < -0.39 is 6.09 Å². The Morgan fingerprint density at radius 3 is 2.87 bits per heavy atom. The summed E-state index contributed by atoms with van der Waals surface area (Å²) < 4.78 is 0. The Morgan fingerprint density at radius 1 is 1.47 bits per heavy atom. The fourth-order valence-corrected chi connectivity index (χ4v) is 2.23. The molecule has 2 fully saturated rings. The molecule has 0 spiro atoms. The Labute approximate surface area is 86.2 Å². The highest BCUT2D eigenvalue weighted by molar-refractivity contribution is 5.99. The van der Waals surface area contributed by atoms with Crippen molar-refractivity contribution in [3.63, 3.8) is 0 Å². The lowest BCUT2D eigenvalue weighted by Crippen LogP contribution is -2.54. The van der Waals surface area contributed by atoms with Gasteiger partial charge in [0.2, 0.25) is 11.8 Å². The van der Waals surface area contributed by atoms with Crippen molar-refractivity contribution in [2.45, 2.75) is 12.8 Å². The van der Waals surface area contributed by atoms with Gasteiger partial charge in [0, 0.05) is 19.5 Å². The van der Waals surface area contributed by atoms with Crippen LogP contribution in [0.2, 0.25) is 0 Å². The van der Waals surface area contributed by atoms with Gasteiger partial charge in [0.15, 0.2) is 0 Å². The standard InChI is InChI=1S/C9H12N2O4/c12-7-3-5-1-2-11(9(14)15)4-6(5)8(13)10-7/h5-6H,1-4H2,(H,14,15)(H,10,12,13). The van der Waals surface area contributed by atoms with Crippen LogP contribution in [0.3, 0.4) is 0 Å². The summed E-state index contributed by atoms with van der Waals surface area (Å²) in [6, 6.07) is 0. The van der Waals surface area contributed by atoms with E-state index >= 15 is 0 Å². The molecule has 2 N–H and O–H groups in total. The summed E-state index contributed by atoms with van der Waals surface area (Å²) in [5, 5.41) is 11.0. The first-order valence-electron chi connectivity index (χ1n) is 4.89. The van der Waals surface area contributed by atoms with Crippen LogP contribution in [0.1, 0.15) is 12.8 Å². The Hall–Kier alpha value is -1.59. The van der Waals surface area contributed by atoms with E-state index in [2.05, 4.69) is 5.32 Å². The number of carboxylic acid groups (broad SMARTS) is 1. The number of likely N-dealkylation sites (tertiary alicyclic amines) is 1. The molecule has 0 radical (unpaired) electrons. The monoisotopic (exact) mass is 212 g/mol. The Balaban J connectivity index is 2.09. The lowest BCUT2D eigenvalue weighted by Gasteiger charge is -2.38. The molecule has 0 aromatic carbocycles. The third kappa shape index (κ3) is 1.79. The summed E-state index contributed by atoms with van der Waals surface area (Å²) in [5.74, 6) is -0.915. The van der Waals surface area contributed by atoms with E-state index in [-0.39, 0.29) is 30.2 Å². The second-order valence-corrected chi connectivity index (χ2v) is 4.00. The number of carbonyl (C=O) groups is 3. The van der Waals surface area contributed by atoms with Gasteiger partial charge in [0.25, 0.3) is 0 Å². The normalized spacial score (nSPS) is 30.8. The van der Waals surface area contributed by atoms with Gasteiger partial charge in [0.05, 0.1) is 5.92 Å². The SMILES string of the molecule is O=C1CC2CCN(C(=O)O)CC2C(=O)N1. The number of carbonyl (C=O) groups excluding carboxylic acids is 2. The minimum Gasteiger partial charge on any atom is -0.465 e. The van der Waals surface area contributed by atoms with Crippen LogP contribution >= 0.6 is 0 Å². The van der Waals surface area contributed by atoms with E-state index in [1.165, 1.54) is 4.90 Å². The highest BCUT2D eigenvalue weighted by Crippen LogP contribution is 2.29. The molecule has 2 saturated heterocycles. The maximum absolute atomic E-state index is 11.5. The molecule has 0 aromatic heterocycles. The third-order valence-corrected chi connectivity index (χ3v) is 3.07. The van der Waals surface area contributed by atoms with Crippen molar-refractivity contribution in [1.29, 1.82) is 0 Å². The highest BCUT2D eigenvalue weighted by Gasteiger charge is 2.40. The summed E-state index contributed by atoms with van der Waals surface area (Å²) in [6.07, 6.45) is -0.0712. The predicted molar refractivity (Wildman–Crippen MR) is 49.0 cm³/mol. The first kappa shape index (κ1) is 9.95. The number of fused-ring (bicyclic) bond motifs is 1. The zero-order chi connectivity index (χ0) is 11.0. The first-order valence-corrected chi connectivity index (χ1v) is 4.89. The number of rotatable bonds is 0. The molecule has 2 aliphatic heterocycles. The van der Waals surface area contributed by atoms with Crippen molar-refractivity contribution in [1.82, 2.24) is 10.2 Å². The van der Waals surface area contributed by atoms with Crippen molar-refractivity contribution < 1.29 is 19.5 Å². The lowest BCUT2D eigenvalue weighted by atomic mass is 9.80. The van der Waals surface area contributed by atoms with Gasteiger partial charge in [-0.25, -0.2) is 4.79 Å². The average molecular weight is 212 g/mol. The molecule has 15 heavy (non-hydrogen) atoms. The van der Waals surface area contributed by atoms with Crippen LogP contribution in [0.4, 0.5) is 4.79 Å².